The smallest absolute Gasteiger partial charge is 0.220 e. The molecule has 1 unspecified atom stereocenters. The van der Waals surface area contributed by atoms with Gasteiger partial charge in [-0.1, -0.05) is 12.1 Å². The normalized spacial score (nSPS) is 17.7. The fourth-order valence-electron chi connectivity index (χ4n) is 2.30. The largest absolute Gasteiger partial charge is 0.387 e. The molecule has 0 radical (unpaired) electrons. The van der Waals surface area contributed by atoms with Crippen LogP contribution in [0.1, 0.15) is 30.9 Å². The number of thioether (sulfide) groups is 1. The molecule has 0 aliphatic carbocycles. The second-order valence-electron chi connectivity index (χ2n) is 5.13. The molecule has 1 heterocycles. The number of amides is 1. The van der Waals surface area contributed by atoms with Crippen LogP contribution in [0.2, 0.25) is 0 Å². The molecule has 1 saturated heterocycles. The van der Waals surface area contributed by atoms with Crippen molar-refractivity contribution in [1.29, 1.82) is 0 Å². The Balaban J connectivity index is 1.73. The van der Waals surface area contributed by atoms with Crippen molar-refractivity contribution in [1.82, 2.24) is 5.32 Å². The van der Waals surface area contributed by atoms with Crippen molar-refractivity contribution in [2.45, 2.75) is 25.4 Å². The van der Waals surface area contributed by atoms with Crippen LogP contribution in [-0.4, -0.2) is 29.1 Å². The Morgan fingerprint density at radius 1 is 1.35 bits per heavy atom. The summed E-state index contributed by atoms with van der Waals surface area (Å²) >= 11 is 1.94. The average molecular weight is 297 g/mol. The van der Waals surface area contributed by atoms with Crippen LogP contribution in [-0.2, 0) is 4.79 Å². The second-order valence-corrected chi connectivity index (χ2v) is 6.36. The number of carbonyl (C=O) groups is 1. The van der Waals surface area contributed by atoms with E-state index in [2.05, 4.69) is 5.32 Å². The van der Waals surface area contributed by atoms with Gasteiger partial charge in [0.05, 0.1) is 6.10 Å². The van der Waals surface area contributed by atoms with Gasteiger partial charge < -0.3 is 10.4 Å². The Labute approximate surface area is 123 Å². The minimum absolute atomic E-state index is 0.0111. The number of halogens is 1. The monoisotopic (exact) mass is 297 g/mol. The Kier molecular flexibility index (Phi) is 5.86. The van der Waals surface area contributed by atoms with Crippen LogP contribution in [0.15, 0.2) is 24.3 Å². The van der Waals surface area contributed by atoms with Gasteiger partial charge in [-0.3, -0.25) is 4.79 Å². The lowest BCUT2D eigenvalue weighted by Crippen LogP contribution is -2.30. The first-order valence-corrected chi connectivity index (χ1v) is 8.08. The van der Waals surface area contributed by atoms with Crippen molar-refractivity contribution in [2.24, 2.45) is 5.92 Å². The molecule has 1 aromatic carbocycles. The summed E-state index contributed by atoms with van der Waals surface area (Å²) in [4.78, 5) is 11.8. The van der Waals surface area contributed by atoms with Crippen molar-refractivity contribution in [3.63, 3.8) is 0 Å². The van der Waals surface area contributed by atoms with Crippen molar-refractivity contribution >= 4 is 17.7 Å². The molecule has 2 rings (SSSR count). The van der Waals surface area contributed by atoms with Gasteiger partial charge in [0.1, 0.15) is 5.82 Å². The van der Waals surface area contributed by atoms with Gasteiger partial charge in [-0.15, -0.1) is 0 Å². The van der Waals surface area contributed by atoms with Crippen molar-refractivity contribution < 1.29 is 14.3 Å². The summed E-state index contributed by atoms with van der Waals surface area (Å²) in [5.41, 5.74) is 0.612. The summed E-state index contributed by atoms with van der Waals surface area (Å²) in [5.74, 6) is 2.40. The van der Waals surface area contributed by atoms with Gasteiger partial charge in [0, 0.05) is 13.0 Å². The molecule has 1 aliphatic rings. The molecular formula is C15H20FNO2S. The van der Waals surface area contributed by atoms with E-state index in [-0.39, 0.29) is 18.3 Å². The van der Waals surface area contributed by atoms with E-state index >= 15 is 0 Å². The second kappa shape index (κ2) is 7.64. The molecular weight excluding hydrogens is 277 g/mol. The Bertz CT molecular complexity index is 432. The molecule has 5 heteroatoms. The summed E-state index contributed by atoms with van der Waals surface area (Å²) in [5, 5.41) is 12.7. The lowest BCUT2D eigenvalue weighted by atomic mass is 9.98. The Morgan fingerprint density at radius 2 is 2.00 bits per heavy atom. The average Bonchev–Trinajstić information content (AvgIpc) is 2.46. The zero-order valence-electron chi connectivity index (χ0n) is 11.3. The third-order valence-corrected chi connectivity index (χ3v) is 4.61. The molecule has 3 nitrogen and oxygen atoms in total. The van der Waals surface area contributed by atoms with Crippen LogP contribution in [0.5, 0.6) is 0 Å². The minimum Gasteiger partial charge on any atom is -0.387 e. The maximum absolute atomic E-state index is 12.8. The summed E-state index contributed by atoms with van der Waals surface area (Å²) < 4.78 is 12.8. The van der Waals surface area contributed by atoms with Gasteiger partial charge in [0.2, 0.25) is 5.91 Å². The van der Waals surface area contributed by atoms with E-state index in [0.717, 1.165) is 24.3 Å². The summed E-state index contributed by atoms with van der Waals surface area (Å²) in [6.45, 7) is 0.173. The standard InChI is InChI=1S/C15H20FNO2S/c16-13-3-1-12(2-4-13)14(18)10-17-15(19)9-11-5-7-20-8-6-11/h1-4,11,14,18H,5-10H2,(H,17,19). The van der Waals surface area contributed by atoms with Crippen LogP contribution < -0.4 is 5.32 Å². The first-order valence-electron chi connectivity index (χ1n) is 6.93. The first kappa shape index (κ1) is 15.3. The summed E-state index contributed by atoms with van der Waals surface area (Å²) in [6.07, 6.45) is 1.94. The highest BCUT2D eigenvalue weighted by Gasteiger charge is 2.18. The Hall–Kier alpha value is -1.07. The highest BCUT2D eigenvalue weighted by Crippen LogP contribution is 2.25. The number of hydrogen-bond donors (Lipinski definition) is 2. The van der Waals surface area contributed by atoms with E-state index in [1.807, 2.05) is 11.8 Å². The molecule has 1 aromatic rings. The fourth-order valence-corrected chi connectivity index (χ4v) is 3.50. The number of carbonyl (C=O) groups excluding carboxylic acids is 1. The van der Waals surface area contributed by atoms with Gasteiger partial charge in [0.15, 0.2) is 0 Å². The molecule has 2 N–H and O–H groups in total. The van der Waals surface area contributed by atoms with E-state index in [9.17, 15) is 14.3 Å². The van der Waals surface area contributed by atoms with Crippen molar-refractivity contribution in [3.8, 4) is 0 Å². The minimum atomic E-state index is -0.790. The van der Waals surface area contributed by atoms with Crippen LogP contribution in [0.4, 0.5) is 4.39 Å². The number of aliphatic hydroxyl groups excluding tert-OH is 1. The molecule has 1 amide bonds. The SMILES string of the molecule is O=C(CC1CCSCC1)NCC(O)c1ccc(F)cc1. The van der Waals surface area contributed by atoms with E-state index in [1.54, 1.807) is 0 Å². The quantitative estimate of drug-likeness (QED) is 0.878. The van der Waals surface area contributed by atoms with Crippen LogP contribution in [0, 0.1) is 11.7 Å². The fraction of sp³-hybridized carbons (Fsp3) is 0.533. The number of aliphatic hydroxyl groups is 1. The number of hydrogen-bond acceptors (Lipinski definition) is 3. The van der Waals surface area contributed by atoms with E-state index in [0.29, 0.717) is 17.9 Å². The predicted octanol–water partition coefficient (Wildman–Crippen LogP) is 2.51. The molecule has 0 spiro atoms. The van der Waals surface area contributed by atoms with Gasteiger partial charge in [0.25, 0.3) is 0 Å². The van der Waals surface area contributed by atoms with Crippen LogP contribution >= 0.6 is 11.8 Å². The number of nitrogens with one attached hydrogen (secondary N) is 1. The van der Waals surface area contributed by atoms with Gasteiger partial charge in [-0.05, 0) is 48.0 Å². The highest BCUT2D eigenvalue weighted by molar-refractivity contribution is 7.99. The third kappa shape index (κ3) is 4.80. The number of benzene rings is 1. The Morgan fingerprint density at radius 3 is 2.65 bits per heavy atom. The van der Waals surface area contributed by atoms with Crippen LogP contribution in [0.25, 0.3) is 0 Å². The van der Waals surface area contributed by atoms with Gasteiger partial charge >= 0.3 is 0 Å². The molecule has 110 valence electrons. The molecule has 1 fully saturated rings. The number of rotatable bonds is 5. The molecule has 0 bridgehead atoms. The lowest BCUT2D eigenvalue weighted by molar-refractivity contribution is -0.122. The topological polar surface area (TPSA) is 49.3 Å². The zero-order chi connectivity index (χ0) is 14.4. The first-order chi connectivity index (χ1) is 9.65. The van der Waals surface area contributed by atoms with E-state index in [1.165, 1.54) is 24.3 Å². The van der Waals surface area contributed by atoms with E-state index < -0.39 is 6.10 Å². The van der Waals surface area contributed by atoms with Gasteiger partial charge in [-0.25, -0.2) is 4.39 Å². The van der Waals surface area contributed by atoms with E-state index in [4.69, 9.17) is 0 Å². The molecule has 1 atom stereocenters. The maximum atomic E-state index is 12.8. The zero-order valence-corrected chi connectivity index (χ0v) is 12.2. The molecule has 1 aliphatic heterocycles. The third-order valence-electron chi connectivity index (χ3n) is 3.56. The van der Waals surface area contributed by atoms with Crippen molar-refractivity contribution in [2.75, 3.05) is 18.1 Å². The lowest BCUT2D eigenvalue weighted by Gasteiger charge is -2.21. The summed E-state index contributed by atoms with van der Waals surface area (Å²) in [6, 6.07) is 5.68. The van der Waals surface area contributed by atoms with Gasteiger partial charge in [-0.2, -0.15) is 11.8 Å². The molecule has 0 aromatic heterocycles. The molecule has 0 saturated carbocycles. The van der Waals surface area contributed by atoms with Crippen molar-refractivity contribution in [3.05, 3.63) is 35.6 Å². The molecule has 20 heavy (non-hydrogen) atoms. The predicted molar refractivity (Wildman–Crippen MR) is 79.0 cm³/mol. The summed E-state index contributed by atoms with van der Waals surface area (Å²) in [7, 11) is 0. The van der Waals surface area contributed by atoms with Crippen LogP contribution in [0.3, 0.4) is 0 Å². The maximum Gasteiger partial charge on any atom is 0.220 e. The highest BCUT2D eigenvalue weighted by atomic mass is 32.2.